The number of phenols is 1. The van der Waals surface area contributed by atoms with Crippen LogP contribution in [-0.4, -0.2) is 18.7 Å². The van der Waals surface area contributed by atoms with Gasteiger partial charge in [-0.25, -0.2) is 4.39 Å². The second-order valence-electron chi connectivity index (χ2n) is 3.00. The summed E-state index contributed by atoms with van der Waals surface area (Å²) in [6.45, 7) is 0.858. The van der Waals surface area contributed by atoms with E-state index in [1.807, 2.05) is 13.1 Å². The topological polar surface area (TPSA) is 32.3 Å². The van der Waals surface area contributed by atoms with Crippen molar-refractivity contribution in [2.75, 3.05) is 13.6 Å². The Bertz CT molecular complexity index is 323. The van der Waals surface area contributed by atoms with Gasteiger partial charge >= 0.3 is 0 Å². The fraction of sp³-hybridized carbons (Fsp3) is 0.273. The summed E-state index contributed by atoms with van der Waals surface area (Å²) in [6, 6.07) is 4.00. The second kappa shape index (κ2) is 5.40. The molecule has 0 atom stereocenters. The molecule has 0 aliphatic heterocycles. The highest BCUT2D eigenvalue weighted by atomic mass is 19.1. The average Bonchev–Trinajstić information content (AvgIpc) is 2.18. The molecule has 2 N–H and O–H groups in total. The summed E-state index contributed by atoms with van der Waals surface area (Å²) in [6.07, 6.45) is 4.38. The van der Waals surface area contributed by atoms with E-state index in [0.29, 0.717) is 5.56 Å². The Morgan fingerprint density at radius 1 is 1.50 bits per heavy atom. The predicted molar refractivity (Wildman–Crippen MR) is 55.6 cm³/mol. The molecule has 3 heteroatoms. The van der Waals surface area contributed by atoms with Crippen LogP contribution in [0.2, 0.25) is 0 Å². The first-order valence-electron chi connectivity index (χ1n) is 4.53. The molecule has 0 spiro atoms. The number of halogens is 1. The lowest BCUT2D eigenvalue weighted by atomic mass is 10.2. The minimum absolute atomic E-state index is 0.0830. The molecule has 0 radical (unpaired) electrons. The van der Waals surface area contributed by atoms with Crippen molar-refractivity contribution < 1.29 is 9.50 Å². The van der Waals surface area contributed by atoms with Crippen LogP contribution in [0, 0.1) is 5.82 Å². The first kappa shape index (κ1) is 10.7. The molecule has 0 amide bonds. The van der Waals surface area contributed by atoms with Crippen molar-refractivity contribution in [3.8, 4) is 5.75 Å². The van der Waals surface area contributed by atoms with Crippen molar-refractivity contribution in [1.29, 1.82) is 0 Å². The molecule has 2 nitrogen and oxygen atoms in total. The standard InChI is InChI=1S/C11H14FNO/c1-13-7-3-2-4-9-8-10(14)5-6-11(9)12/h2,4-6,8,13-14H,3,7H2,1H3. The van der Waals surface area contributed by atoms with Crippen LogP contribution in [-0.2, 0) is 0 Å². The average molecular weight is 195 g/mol. The SMILES string of the molecule is CNCCC=Cc1cc(O)ccc1F. The summed E-state index contributed by atoms with van der Waals surface area (Å²) < 4.78 is 13.1. The molecule has 1 aromatic rings. The number of aromatic hydroxyl groups is 1. The van der Waals surface area contributed by atoms with Gasteiger partial charge in [0, 0.05) is 5.56 Å². The maximum Gasteiger partial charge on any atom is 0.130 e. The van der Waals surface area contributed by atoms with Gasteiger partial charge in [0.15, 0.2) is 0 Å². The van der Waals surface area contributed by atoms with E-state index in [1.165, 1.54) is 18.2 Å². The van der Waals surface area contributed by atoms with Crippen LogP contribution in [0.4, 0.5) is 4.39 Å². The summed E-state index contributed by atoms with van der Waals surface area (Å²) in [5.41, 5.74) is 0.418. The van der Waals surface area contributed by atoms with Gasteiger partial charge in [-0.15, -0.1) is 0 Å². The molecule has 14 heavy (non-hydrogen) atoms. The van der Waals surface area contributed by atoms with Gasteiger partial charge in [-0.1, -0.05) is 12.2 Å². The summed E-state index contributed by atoms with van der Waals surface area (Å²) in [4.78, 5) is 0. The minimum Gasteiger partial charge on any atom is -0.508 e. The Labute approximate surface area is 83.1 Å². The van der Waals surface area contributed by atoms with Crippen LogP contribution in [0.3, 0.4) is 0 Å². The third-order valence-electron chi connectivity index (χ3n) is 1.84. The number of hydrogen-bond acceptors (Lipinski definition) is 2. The number of nitrogens with one attached hydrogen (secondary N) is 1. The number of rotatable bonds is 4. The van der Waals surface area contributed by atoms with E-state index in [9.17, 15) is 4.39 Å². The van der Waals surface area contributed by atoms with Gasteiger partial charge in [-0.05, 0) is 38.2 Å². The van der Waals surface area contributed by atoms with Crippen LogP contribution in [0.25, 0.3) is 6.08 Å². The largest absolute Gasteiger partial charge is 0.508 e. The highest BCUT2D eigenvalue weighted by Crippen LogP contribution is 2.16. The molecule has 0 heterocycles. The molecule has 0 saturated carbocycles. The zero-order chi connectivity index (χ0) is 10.4. The summed E-state index contributed by atoms with van der Waals surface area (Å²) in [5.74, 6) is -0.233. The Balaban J connectivity index is 2.65. The van der Waals surface area contributed by atoms with Crippen molar-refractivity contribution in [2.24, 2.45) is 0 Å². The monoisotopic (exact) mass is 195 g/mol. The molecule has 1 aromatic carbocycles. The molecule has 0 aliphatic carbocycles. The van der Waals surface area contributed by atoms with Crippen molar-refractivity contribution in [1.82, 2.24) is 5.32 Å². The Hall–Kier alpha value is -1.35. The maximum atomic E-state index is 13.1. The lowest BCUT2D eigenvalue weighted by molar-refractivity contribution is 0.473. The quantitative estimate of drug-likeness (QED) is 0.721. The Morgan fingerprint density at radius 3 is 3.00 bits per heavy atom. The fourth-order valence-corrected chi connectivity index (χ4v) is 1.10. The minimum atomic E-state index is -0.316. The summed E-state index contributed by atoms with van der Waals surface area (Å²) in [7, 11) is 1.86. The molecule has 0 unspecified atom stereocenters. The van der Waals surface area contributed by atoms with Gasteiger partial charge in [0.05, 0.1) is 0 Å². The van der Waals surface area contributed by atoms with Gasteiger partial charge in [-0.3, -0.25) is 0 Å². The smallest absolute Gasteiger partial charge is 0.130 e. The van der Waals surface area contributed by atoms with Gasteiger partial charge in [0.2, 0.25) is 0 Å². The molecular weight excluding hydrogens is 181 g/mol. The lowest BCUT2D eigenvalue weighted by Gasteiger charge is -1.98. The van der Waals surface area contributed by atoms with E-state index < -0.39 is 0 Å². The van der Waals surface area contributed by atoms with Gasteiger partial charge < -0.3 is 10.4 Å². The lowest BCUT2D eigenvalue weighted by Crippen LogP contribution is -2.05. The summed E-state index contributed by atoms with van der Waals surface area (Å²) >= 11 is 0. The molecule has 0 aromatic heterocycles. The second-order valence-corrected chi connectivity index (χ2v) is 3.00. The predicted octanol–water partition coefficient (Wildman–Crippen LogP) is 2.15. The summed E-state index contributed by atoms with van der Waals surface area (Å²) in [5, 5.41) is 12.1. The van der Waals surface area contributed by atoms with E-state index >= 15 is 0 Å². The third kappa shape index (κ3) is 3.18. The molecule has 76 valence electrons. The van der Waals surface area contributed by atoms with Gasteiger partial charge in [-0.2, -0.15) is 0 Å². The fourth-order valence-electron chi connectivity index (χ4n) is 1.10. The number of phenolic OH excluding ortho intramolecular Hbond substituents is 1. The zero-order valence-corrected chi connectivity index (χ0v) is 8.13. The maximum absolute atomic E-state index is 13.1. The molecule has 0 fully saturated rings. The van der Waals surface area contributed by atoms with Crippen LogP contribution in [0.5, 0.6) is 5.75 Å². The van der Waals surface area contributed by atoms with E-state index in [0.717, 1.165) is 13.0 Å². The van der Waals surface area contributed by atoms with E-state index in [-0.39, 0.29) is 11.6 Å². The Morgan fingerprint density at radius 2 is 2.29 bits per heavy atom. The zero-order valence-electron chi connectivity index (χ0n) is 8.13. The first-order chi connectivity index (χ1) is 6.74. The van der Waals surface area contributed by atoms with Crippen molar-refractivity contribution in [3.05, 3.63) is 35.7 Å². The molecular formula is C11H14FNO. The van der Waals surface area contributed by atoms with Crippen LogP contribution in [0.15, 0.2) is 24.3 Å². The van der Waals surface area contributed by atoms with Crippen molar-refractivity contribution >= 4 is 6.08 Å². The Kier molecular flexibility index (Phi) is 4.13. The molecule has 0 bridgehead atoms. The van der Waals surface area contributed by atoms with E-state index in [2.05, 4.69) is 5.32 Å². The van der Waals surface area contributed by atoms with Crippen LogP contribution >= 0.6 is 0 Å². The number of benzene rings is 1. The van der Waals surface area contributed by atoms with Gasteiger partial charge in [0.25, 0.3) is 0 Å². The molecule has 0 saturated heterocycles. The highest BCUT2D eigenvalue weighted by molar-refractivity contribution is 5.52. The van der Waals surface area contributed by atoms with Crippen molar-refractivity contribution in [2.45, 2.75) is 6.42 Å². The van der Waals surface area contributed by atoms with Crippen molar-refractivity contribution in [3.63, 3.8) is 0 Å². The number of hydrogen-bond donors (Lipinski definition) is 2. The highest BCUT2D eigenvalue weighted by Gasteiger charge is 1.98. The van der Waals surface area contributed by atoms with E-state index in [1.54, 1.807) is 6.08 Å². The van der Waals surface area contributed by atoms with Crippen LogP contribution in [0.1, 0.15) is 12.0 Å². The van der Waals surface area contributed by atoms with Crippen LogP contribution < -0.4 is 5.32 Å². The van der Waals surface area contributed by atoms with Gasteiger partial charge in [0.1, 0.15) is 11.6 Å². The third-order valence-corrected chi connectivity index (χ3v) is 1.84. The molecule has 1 rings (SSSR count). The normalized spacial score (nSPS) is 11.0. The first-order valence-corrected chi connectivity index (χ1v) is 4.53. The molecule has 0 aliphatic rings. The van der Waals surface area contributed by atoms with E-state index in [4.69, 9.17) is 5.11 Å².